The maximum atomic E-state index is 13.3. The Bertz CT molecular complexity index is 880. The van der Waals surface area contributed by atoms with E-state index in [1.165, 1.54) is 6.42 Å². The summed E-state index contributed by atoms with van der Waals surface area (Å²) in [7, 11) is 0. The molecule has 0 aliphatic heterocycles. The van der Waals surface area contributed by atoms with Crippen LogP contribution in [0.4, 0.5) is 0 Å². The maximum absolute atomic E-state index is 13.3. The fourth-order valence-electron chi connectivity index (χ4n) is 5.68. The molecule has 4 heteroatoms. The fourth-order valence-corrected chi connectivity index (χ4v) is 5.68. The van der Waals surface area contributed by atoms with E-state index in [4.69, 9.17) is 4.74 Å². The topological polar surface area (TPSA) is 63.6 Å². The molecule has 0 saturated heterocycles. The lowest BCUT2D eigenvalue weighted by Gasteiger charge is -2.48. The first-order valence-corrected chi connectivity index (χ1v) is 10.3. The highest BCUT2D eigenvalue weighted by Crippen LogP contribution is 2.58. The molecular formula is C24H24O4. The lowest BCUT2D eigenvalue weighted by molar-refractivity contribution is -0.165. The number of fused-ring (bicyclic) bond motifs is 1. The van der Waals surface area contributed by atoms with Crippen molar-refractivity contribution >= 4 is 11.9 Å². The Hall–Kier alpha value is -2.62. The van der Waals surface area contributed by atoms with Gasteiger partial charge in [-0.2, -0.15) is 0 Å². The molecule has 0 heterocycles. The molecule has 6 rings (SSSR count). The second kappa shape index (κ2) is 6.77. The van der Waals surface area contributed by atoms with Crippen molar-refractivity contribution < 1.29 is 19.4 Å². The van der Waals surface area contributed by atoms with Crippen molar-refractivity contribution in [3.8, 4) is 0 Å². The molecule has 4 aliphatic carbocycles. The highest BCUT2D eigenvalue weighted by Gasteiger charge is 2.56. The minimum Gasteiger partial charge on any atom is -0.481 e. The predicted molar refractivity (Wildman–Crippen MR) is 104 cm³/mol. The molecule has 1 saturated carbocycles. The molecule has 4 aliphatic rings. The number of hydrogen-bond acceptors (Lipinski definition) is 3. The number of esters is 1. The number of carbonyl (C=O) groups excluding carboxylic acids is 1. The summed E-state index contributed by atoms with van der Waals surface area (Å²) in [4.78, 5) is 25.7. The van der Waals surface area contributed by atoms with Gasteiger partial charge in [0.05, 0.1) is 11.8 Å². The third-order valence-corrected chi connectivity index (χ3v) is 6.83. The van der Waals surface area contributed by atoms with E-state index in [9.17, 15) is 14.7 Å². The molecule has 1 N–H and O–H groups in total. The van der Waals surface area contributed by atoms with Crippen LogP contribution < -0.4 is 0 Å². The van der Waals surface area contributed by atoms with Gasteiger partial charge in [-0.15, -0.1) is 0 Å². The molecule has 2 aromatic carbocycles. The third-order valence-electron chi connectivity index (χ3n) is 6.83. The highest BCUT2D eigenvalue weighted by atomic mass is 16.5. The van der Waals surface area contributed by atoms with Crippen molar-refractivity contribution in [2.45, 2.75) is 50.0 Å². The average Bonchev–Trinajstić information content (AvgIpc) is 2.73. The van der Waals surface area contributed by atoms with Gasteiger partial charge in [-0.3, -0.25) is 9.59 Å². The normalized spacial score (nSPS) is 28.3. The van der Waals surface area contributed by atoms with E-state index in [1.54, 1.807) is 0 Å². The molecule has 0 amide bonds. The Morgan fingerprint density at radius 3 is 1.68 bits per heavy atom. The van der Waals surface area contributed by atoms with Crippen molar-refractivity contribution in [2.75, 3.05) is 0 Å². The first kappa shape index (κ1) is 17.5. The van der Waals surface area contributed by atoms with Gasteiger partial charge in [0.1, 0.15) is 6.10 Å². The molecule has 0 aromatic heterocycles. The van der Waals surface area contributed by atoms with Crippen LogP contribution in [-0.4, -0.2) is 23.1 Å². The summed E-state index contributed by atoms with van der Waals surface area (Å²) in [6.07, 6.45) is 5.03. The Labute approximate surface area is 164 Å². The van der Waals surface area contributed by atoms with E-state index in [-0.39, 0.29) is 23.9 Å². The number of ether oxygens (including phenoxy) is 1. The Balaban J connectivity index is 1.61. The van der Waals surface area contributed by atoms with Crippen LogP contribution in [0.1, 0.15) is 66.2 Å². The number of carbonyl (C=O) groups is 2. The van der Waals surface area contributed by atoms with Crippen molar-refractivity contribution in [1.29, 1.82) is 0 Å². The van der Waals surface area contributed by atoms with Gasteiger partial charge in [-0.1, -0.05) is 55.0 Å². The molecule has 4 nitrogen and oxygen atoms in total. The smallest absolute Gasteiger partial charge is 0.311 e. The number of carboxylic acids is 1. The molecule has 0 unspecified atom stereocenters. The lowest BCUT2D eigenvalue weighted by Crippen LogP contribution is -2.48. The maximum Gasteiger partial charge on any atom is 0.311 e. The van der Waals surface area contributed by atoms with Crippen LogP contribution in [0.3, 0.4) is 0 Å². The van der Waals surface area contributed by atoms with Gasteiger partial charge < -0.3 is 9.84 Å². The summed E-state index contributed by atoms with van der Waals surface area (Å²) in [6, 6.07) is 16.0. The Morgan fingerprint density at radius 2 is 1.21 bits per heavy atom. The van der Waals surface area contributed by atoms with Crippen LogP contribution in [0.5, 0.6) is 0 Å². The summed E-state index contributed by atoms with van der Waals surface area (Å²) in [5.74, 6) is -3.27. The summed E-state index contributed by atoms with van der Waals surface area (Å²) in [5.41, 5.74) is 4.24. The molecular weight excluding hydrogens is 352 g/mol. The molecule has 0 spiro atoms. The minimum absolute atomic E-state index is 0.0679. The van der Waals surface area contributed by atoms with Crippen LogP contribution in [0.15, 0.2) is 48.5 Å². The summed E-state index contributed by atoms with van der Waals surface area (Å²) >= 11 is 0. The zero-order valence-corrected chi connectivity index (χ0v) is 15.7. The second-order valence-electron chi connectivity index (χ2n) is 8.30. The van der Waals surface area contributed by atoms with Crippen LogP contribution in [0.2, 0.25) is 0 Å². The van der Waals surface area contributed by atoms with Crippen LogP contribution in [0.25, 0.3) is 0 Å². The van der Waals surface area contributed by atoms with E-state index in [0.29, 0.717) is 0 Å². The number of benzene rings is 2. The largest absolute Gasteiger partial charge is 0.481 e. The summed E-state index contributed by atoms with van der Waals surface area (Å²) in [6.45, 7) is 0. The Kier molecular flexibility index (Phi) is 4.22. The van der Waals surface area contributed by atoms with Crippen LogP contribution in [-0.2, 0) is 14.3 Å². The summed E-state index contributed by atoms with van der Waals surface area (Å²) < 4.78 is 5.89. The first-order chi connectivity index (χ1) is 13.7. The van der Waals surface area contributed by atoms with Crippen molar-refractivity contribution in [1.82, 2.24) is 0 Å². The van der Waals surface area contributed by atoms with Gasteiger partial charge >= 0.3 is 11.9 Å². The third kappa shape index (κ3) is 2.58. The van der Waals surface area contributed by atoms with Gasteiger partial charge in [0.25, 0.3) is 0 Å². The van der Waals surface area contributed by atoms with Gasteiger partial charge in [0.2, 0.25) is 0 Å². The SMILES string of the molecule is O=C(O)[C@H]1C2c3ccccc3C(c3ccccc32)[C@@H]1C(=O)OC1CCCCC1. The quantitative estimate of drug-likeness (QED) is 0.803. The van der Waals surface area contributed by atoms with Crippen molar-refractivity contribution in [3.05, 3.63) is 70.8 Å². The molecule has 2 atom stereocenters. The number of aliphatic carboxylic acids is 1. The fraction of sp³-hybridized carbons (Fsp3) is 0.417. The van der Waals surface area contributed by atoms with Crippen LogP contribution >= 0.6 is 0 Å². The molecule has 28 heavy (non-hydrogen) atoms. The molecule has 0 radical (unpaired) electrons. The molecule has 1 fully saturated rings. The van der Waals surface area contributed by atoms with Gasteiger partial charge in [0, 0.05) is 11.8 Å². The van der Waals surface area contributed by atoms with E-state index >= 15 is 0 Å². The van der Waals surface area contributed by atoms with Crippen molar-refractivity contribution in [3.63, 3.8) is 0 Å². The highest BCUT2D eigenvalue weighted by molar-refractivity contribution is 5.87. The van der Waals surface area contributed by atoms with Gasteiger partial charge in [-0.25, -0.2) is 0 Å². The van der Waals surface area contributed by atoms with E-state index in [1.807, 2.05) is 48.5 Å². The predicted octanol–water partition coefficient (Wildman–Crippen LogP) is 4.47. The zero-order chi connectivity index (χ0) is 19.3. The number of rotatable bonds is 3. The minimum atomic E-state index is -0.912. The van der Waals surface area contributed by atoms with E-state index in [0.717, 1.165) is 47.9 Å². The first-order valence-electron chi connectivity index (χ1n) is 10.3. The monoisotopic (exact) mass is 376 g/mol. The average molecular weight is 376 g/mol. The Morgan fingerprint density at radius 1 is 0.750 bits per heavy atom. The van der Waals surface area contributed by atoms with E-state index in [2.05, 4.69) is 0 Å². The zero-order valence-electron chi connectivity index (χ0n) is 15.7. The summed E-state index contributed by atoms with van der Waals surface area (Å²) in [5, 5.41) is 10.1. The van der Waals surface area contributed by atoms with Crippen LogP contribution in [0, 0.1) is 11.8 Å². The molecule has 2 aromatic rings. The van der Waals surface area contributed by atoms with Gasteiger partial charge in [-0.05, 0) is 47.9 Å². The van der Waals surface area contributed by atoms with E-state index < -0.39 is 17.8 Å². The molecule has 2 bridgehead atoms. The second-order valence-corrected chi connectivity index (χ2v) is 8.30. The van der Waals surface area contributed by atoms with Crippen molar-refractivity contribution in [2.24, 2.45) is 11.8 Å². The lowest BCUT2D eigenvalue weighted by atomic mass is 9.54. The molecule has 144 valence electrons. The standard InChI is InChI=1S/C24H24O4/c25-23(26)21-19-15-10-4-6-12-17(15)20(18-13-7-5-11-16(18)19)22(21)24(27)28-14-8-2-1-3-9-14/h4-7,10-14,19-22H,1-3,8-9H2,(H,25,26)/t19?,20?,21-,22-/m0/s1. The number of carboxylic acid groups (broad SMARTS) is 1. The van der Waals surface area contributed by atoms with Gasteiger partial charge in [0.15, 0.2) is 0 Å². The number of hydrogen-bond donors (Lipinski definition) is 1.